The van der Waals surface area contributed by atoms with Crippen LogP contribution in [0.3, 0.4) is 0 Å². The minimum Gasteiger partial charge on any atom is -0.454 e. The highest BCUT2D eigenvalue weighted by Gasteiger charge is 2.32. The number of benzene rings is 2. The number of hydrogen-bond donors (Lipinski definition) is 1. The van der Waals surface area contributed by atoms with Gasteiger partial charge in [0, 0.05) is 23.1 Å². The first-order valence-electron chi connectivity index (χ1n) is 12.4. The predicted molar refractivity (Wildman–Crippen MR) is 144 cm³/mol. The maximum absolute atomic E-state index is 13.8. The van der Waals surface area contributed by atoms with Gasteiger partial charge in [0.15, 0.2) is 11.5 Å². The average Bonchev–Trinajstić information content (AvgIpc) is 3.57. The molecule has 0 bridgehead atoms. The molecule has 0 spiro atoms. The average molecular weight is 595 g/mol. The molecular formula is C26H32BrN3O6S. The van der Waals surface area contributed by atoms with E-state index in [2.05, 4.69) is 21.2 Å². The summed E-state index contributed by atoms with van der Waals surface area (Å²) in [6, 6.07) is 11.5. The van der Waals surface area contributed by atoms with Gasteiger partial charge in [-0.2, -0.15) is 0 Å². The maximum Gasteiger partial charge on any atom is 0.244 e. The summed E-state index contributed by atoms with van der Waals surface area (Å²) < 4.78 is 38.9. The van der Waals surface area contributed by atoms with Crippen molar-refractivity contribution in [3.8, 4) is 11.5 Å². The number of ether oxygens (including phenoxy) is 2. The van der Waals surface area contributed by atoms with Crippen LogP contribution in [-0.2, 0) is 26.2 Å². The third-order valence-corrected chi connectivity index (χ3v) is 9.03. The van der Waals surface area contributed by atoms with Crippen molar-refractivity contribution in [1.82, 2.24) is 10.2 Å². The van der Waals surface area contributed by atoms with Crippen molar-refractivity contribution in [3.63, 3.8) is 0 Å². The number of carbonyl (C=O) groups excluding carboxylic acids is 2. The second-order valence-corrected chi connectivity index (χ2v) is 12.4. The smallest absolute Gasteiger partial charge is 0.244 e. The Hall–Kier alpha value is -2.79. The largest absolute Gasteiger partial charge is 0.454 e. The molecule has 1 atom stereocenters. The van der Waals surface area contributed by atoms with Crippen molar-refractivity contribution >= 4 is 43.5 Å². The summed E-state index contributed by atoms with van der Waals surface area (Å²) in [5.41, 5.74) is 1.12. The first-order chi connectivity index (χ1) is 17.7. The molecule has 1 saturated carbocycles. The third-order valence-electron chi connectivity index (χ3n) is 6.76. The lowest BCUT2D eigenvalue weighted by atomic mass is 10.1. The number of halogens is 1. The highest BCUT2D eigenvalue weighted by atomic mass is 79.9. The maximum atomic E-state index is 13.8. The summed E-state index contributed by atoms with van der Waals surface area (Å²) in [7, 11) is -3.82. The van der Waals surface area contributed by atoms with Gasteiger partial charge in [0.25, 0.3) is 0 Å². The van der Waals surface area contributed by atoms with Crippen molar-refractivity contribution in [2.45, 2.75) is 58.2 Å². The molecular weight excluding hydrogens is 562 g/mol. The Balaban J connectivity index is 1.61. The van der Waals surface area contributed by atoms with Gasteiger partial charge in [-0.25, -0.2) is 8.42 Å². The van der Waals surface area contributed by atoms with Gasteiger partial charge in [0.1, 0.15) is 12.6 Å². The van der Waals surface area contributed by atoms with Gasteiger partial charge in [0.05, 0.1) is 11.4 Å². The van der Waals surface area contributed by atoms with Crippen LogP contribution in [0.4, 0.5) is 5.69 Å². The molecule has 1 fully saturated rings. The zero-order valence-electron chi connectivity index (χ0n) is 21.0. The van der Waals surface area contributed by atoms with E-state index in [-0.39, 0.29) is 31.0 Å². The quantitative estimate of drug-likeness (QED) is 0.449. The Morgan fingerprint density at radius 3 is 2.43 bits per heavy atom. The molecule has 1 aliphatic carbocycles. The molecule has 0 saturated heterocycles. The van der Waals surface area contributed by atoms with Crippen molar-refractivity contribution in [2.24, 2.45) is 0 Å². The van der Waals surface area contributed by atoms with Crippen LogP contribution in [0, 0.1) is 0 Å². The van der Waals surface area contributed by atoms with Crippen molar-refractivity contribution in [3.05, 3.63) is 52.5 Å². The molecule has 2 amide bonds. The highest BCUT2D eigenvalue weighted by Crippen LogP contribution is 2.36. The van der Waals surface area contributed by atoms with Gasteiger partial charge in [-0.3, -0.25) is 13.9 Å². The summed E-state index contributed by atoms with van der Waals surface area (Å²) in [5.74, 6) is 0.00592. The van der Waals surface area contributed by atoms with Crippen LogP contribution in [-0.4, -0.2) is 56.3 Å². The molecule has 37 heavy (non-hydrogen) atoms. The van der Waals surface area contributed by atoms with Crippen LogP contribution in [0.2, 0.25) is 0 Å². The Morgan fingerprint density at radius 1 is 1.08 bits per heavy atom. The van der Waals surface area contributed by atoms with Gasteiger partial charge in [-0.05, 0) is 56.5 Å². The zero-order valence-corrected chi connectivity index (χ0v) is 23.4. The fourth-order valence-electron chi connectivity index (χ4n) is 4.52. The number of nitrogens with zero attached hydrogens (tertiary/aromatic N) is 2. The molecule has 0 radical (unpaired) electrons. The molecule has 1 aliphatic heterocycles. The lowest BCUT2D eigenvalue weighted by molar-refractivity contribution is -0.139. The summed E-state index contributed by atoms with van der Waals surface area (Å²) in [6.07, 6.45) is 3.98. The fraction of sp³-hybridized carbons (Fsp3) is 0.462. The van der Waals surface area contributed by atoms with E-state index >= 15 is 0 Å². The van der Waals surface area contributed by atoms with Gasteiger partial charge in [-0.1, -0.05) is 40.9 Å². The van der Waals surface area contributed by atoms with E-state index in [1.165, 1.54) is 11.8 Å². The van der Waals surface area contributed by atoms with Crippen molar-refractivity contribution < 1.29 is 27.5 Å². The molecule has 0 aromatic heterocycles. The van der Waals surface area contributed by atoms with Crippen LogP contribution >= 0.6 is 15.9 Å². The molecule has 1 N–H and O–H groups in total. The monoisotopic (exact) mass is 593 g/mol. The van der Waals surface area contributed by atoms with E-state index in [4.69, 9.17) is 9.47 Å². The molecule has 0 unspecified atom stereocenters. The number of nitrogens with one attached hydrogen (secondary N) is 1. The van der Waals surface area contributed by atoms with Gasteiger partial charge in [-0.15, -0.1) is 0 Å². The summed E-state index contributed by atoms with van der Waals surface area (Å²) >= 11 is 3.41. The molecule has 11 heteroatoms. The van der Waals surface area contributed by atoms with E-state index in [9.17, 15) is 18.0 Å². The number of carbonyl (C=O) groups is 2. The third kappa shape index (κ3) is 6.56. The van der Waals surface area contributed by atoms with Crippen molar-refractivity contribution in [1.29, 1.82) is 0 Å². The Bertz CT molecular complexity index is 1230. The van der Waals surface area contributed by atoms with E-state index in [0.29, 0.717) is 17.2 Å². The number of amides is 2. The minimum absolute atomic E-state index is 0.0484. The number of fused-ring (bicyclic) bond motifs is 1. The van der Waals surface area contributed by atoms with Gasteiger partial charge in [0.2, 0.25) is 28.6 Å². The molecule has 1 heterocycles. The summed E-state index contributed by atoms with van der Waals surface area (Å²) in [6.45, 7) is 2.96. The summed E-state index contributed by atoms with van der Waals surface area (Å²) in [5, 5.41) is 3.06. The van der Waals surface area contributed by atoms with Crippen LogP contribution in [0.25, 0.3) is 0 Å². The lowest BCUT2D eigenvalue weighted by Crippen LogP contribution is -2.52. The number of rotatable bonds is 10. The number of hydrogen-bond acceptors (Lipinski definition) is 6. The summed E-state index contributed by atoms with van der Waals surface area (Å²) in [4.78, 5) is 28.3. The second kappa shape index (κ2) is 11.7. The van der Waals surface area contributed by atoms with E-state index in [0.717, 1.165) is 40.0 Å². The minimum atomic E-state index is -3.82. The van der Waals surface area contributed by atoms with Crippen LogP contribution in [0.15, 0.2) is 46.9 Å². The molecule has 9 nitrogen and oxygen atoms in total. The number of sulfonamides is 1. The Labute approximate surface area is 226 Å². The van der Waals surface area contributed by atoms with Crippen molar-refractivity contribution in [2.75, 3.05) is 23.4 Å². The fourth-order valence-corrected chi connectivity index (χ4v) is 5.84. The van der Waals surface area contributed by atoms with E-state index in [1.54, 1.807) is 25.1 Å². The zero-order chi connectivity index (χ0) is 26.6. The Kier molecular flexibility index (Phi) is 8.63. The predicted octanol–water partition coefficient (Wildman–Crippen LogP) is 3.81. The first-order valence-corrected chi connectivity index (χ1v) is 14.8. The normalized spacial score (nSPS) is 15.9. The molecule has 2 aliphatic rings. The Morgan fingerprint density at radius 2 is 1.76 bits per heavy atom. The SMILES string of the molecule is CCS(=O)(=O)N(CC(=O)N(Cc1ccc(Br)cc1)[C@@H](C)C(=O)NC1CCCC1)c1ccc2c(c1)OCO2. The highest BCUT2D eigenvalue weighted by molar-refractivity contribution is 9.10. The van der Waals surface area contributed by atoms with Crippen LogP contribution in [0.1, 0.15) is 45.1 Å². The number of anilines is 1. The van der Waals surface area contributed by atoms with Crippen LogP contribution in [0.5, 0.6) is 11.5 Å². The molecule has 4 rings (SSSR count). The molecule has 200 valence electrons. The standard InChI is InChI=1S/C26H32BrN3O6S/c1-3-37(33,34)30(22-12-13-23-24(14-22)36-17-35-23)16-25(31)29(15-19-8-10-20(27)11-9-19)18(2)26(32)28-21-6-4-5-7-21/h8-14,18,21H,3-7,15-17H2,1-2H3,(H,28,32)/t18-/m0/s1. The topological polar surface area (TPSA) is 105 Å². The second-order valence-electron chi connectivity index (χ2n) is 9.26. The van der Waals surface area contributed by atoms with E-state index < -0.39 is 28.5 Å². The van der Waals surface area contributed by atoms with Crippen LogP contribution < -0.4 is 19.1 Å². The first kappa shape index (κ1) is 27.3. The van der Waals surface area contributed by atoms with Gasteiger partial charge >= 0.3 is 0 Å². The molecule has 2 aromatic rings. The van der Waals surface area contributed by atoms with Gasteiger partial charge < -0.3 is 19.7 Å². The molecule has 2 aromatic carbocycles. The lowest BCUT2D eigenvalue weighted by Gasteiger charge is -2.32. The van der Waals surface area contributed by atoms with E-state index in [1.807, 2.05) is 24.3 Å².